The SMILES string of the molecule is CCC(C)C1NC(C(C)C)N(C2CC2C)C1=O. The molecule has 2 rings (SSSR count). The molecule has 1 N–H and O–H groups in total. The molecule has 1 saturated carbocycles. The molecule has 0 aromatic rings. The van der Waals surface area contributed by atoms with Gasteiger partial charge in [-0.25, -0.2) is 0 Å². The van der Waals surface area contributed by atoms with E-state index in [9.17, 15) is 4.79 Å². The third kappa shape index (κ3) is 2.22. The average Bonchev–Trinajstić information content (AvgIpc) is 2.87. The molecule has 98 valence electrons. The van der Waals surface area contributed by atoms with Gasteiger partial charge in [-0.15, -0.1) is 0 Å². The molecule has 0 bridgehead atoms. The van der Waals surface area contributed by atoms with Gasteiger partial charge in [-0.1, -0.05) is 41.0 Å². The molecule has 2 fully saturated rings. The number of carbonyl (C=O) groups excluding carboxylic acids is 1. The molecule has 2 aliphatic rings. The van der Waals surface area contributed by atoms with Gasteiger partial charge in [0.2, 0.25) is 5.91 Å². The first-order chi connectivity index (χ1) is 7.97. The third-order valence-corrected chi connectivity index (χ3v) is 4.44. The molecular formula is C14H26N2O. The van der Waals surface area contributed by atoms with E-state index in [0.29, 0.717) is 29.7 Å². The average molecular weight is 238 g/mol. The molecule has 0 aromatic heterocycles. The zero-order valence-electron chi connectivity index (χ0n) is 11.7. The lowest BCUT2D eigenvalue weighted by molar-refractivity contribution is -0.132. The highest BCUT2D eigenvalue weighted by Gasteiger charge is 2.51. The molecule has 1 aliphatic carbocycles. The molecule has 3 heteroatoms. The summed E-state index contributed by atoms with van der Waals surface area (Å²) in [7, 11) is 0. The van der Waals surface area contributed by atoms with Gasteiger partial charge < -0.3 is 4.90 Å². The van der Waals surface area contributed by atoms with E-state index in [1.54, 1.807) is 0 Å². The van der Waals surface area contributed by atoms with Crippen LogP contribution in [0.15, 0.2) is 0 Å². The topological polar surface area (TPSA) is 32.3 Å². The molecule has 1 saturated heterocycles. The molecule has 0 spiro atoms. The lowest BCUT2D eigenvalue weighted by Gasteiger charge is -2.27. The Morgan fingerprint density at radius 3 is 2.41 bits per heavy atom. The van der Waals surface area contributed by atoms with Gasteiger partial charge in [0.05, 0.1) is 12.2 Å². The van der Waals surface area contributed by atoms with E-state index in [-0.39, 0.29) is 12.2 Å². The highest BCUT2D eigenvalue weighted by molar-refractivity contribution is 5.85. The van der Waals surface area contributed by atoms with E-state index in [2.05, 4.69) is 44.8 Å². The van der Waals surface area contributed by atoms with E-state index in [1.807, 2.05) is 0 Å². The second-order valence-corrected chi connectivity index (χ2v) is 6.24. The summed E-state index contributed by atoms with van der Waals surface area (Å²) >= 11 is 0. The molecule has 1 amide bonds. The molecule has 1 heterocycles. The molecule has 17 heavy (non-hydrogen) atoms. The first kappa shape index (κ1) is 12.9. The number of hydrogen-bond donors (Lipinski definition) is 1. The van der Waals surface area contributed by atoms with Crippen LogP contribution in [0.1, 0.15) is 47.5 Å². The quantitative estimate of drug-likeness (QED) is 0.814. The first-order valence-electron chi connectivity index (χ1n) is 7.05. The van der Waals surface area contributed by atoms with E-state index in [0.717, 1.165) is 6.42 Å². The minimum Gasteiger partial charge on any atom is -0.322 e. The summed E-state index contributed by atoms with van der Waals surface area (Å²) < 4.78 is 0. The molecule has 0 radical (unpaired) electrons. The fraction of sp³-hybridized carbons (Fsp3) is 0.929. The van der Waals surface area contributed by atoms with Gasteiger partial charge in [-0.05, 0) is 24.2 Å². The second-order valence-electron chi connectivity index (χ2n) is 6.24. The Hall–Kier alpha value is -0.570. The fourth-order valence-electron chi connectivity index (χ4n) is 2.85. The zero-order valence-corrected chi connectivity index (χ0v) is 11.7. The van der Waals surface area contributed by atoms with E-state index >= 15 is 0 Å². The zero-order chi connectivity index (χ0) is 12.7. The van der Waals surface area contributed by atoms with E-state index < -0.39 is 0 Å². The van der Waals surface area contributed by atoms with Gasteiger partial charge in [0.1, 0.15) is 0 Å². The van der Waals surface area contributed by atoms with Crippen molar-refractivity contribution < 1.29 is 4.79 Å². The number of nitrogens with one attached hydrogen (secondary N) is 1. The summed E-state index contributed by atoms with van der Waals surface area (Å²) in [6, 6.07) is 0.539. The lowest BCUT2D eigenvalue weighted by atomic mass is 9.99. The smallest absolute Gasteiger partial charge is 0.241 e. The molecule has 0 aromatic carbocycles. The van der Waals surface area contributed by atoms with Crippen molar-refractivity contribution in [2.24, 2.45) is 17.8 Å². The number of nitrogens with zero attached hydrogens (tertiary/aromatic N) is 1. The predicted octanol–water partition coefficient (Wildman–Crippen LogP) is 2.22. The van der Waals surface area contributed by atoms with Gasteiger partial charge in [-0.3, -0.25) is 10.1 Å². The standard InChI is InChI=1S/C14H26N2O/c1-6-9(4)12-14(17)16(11-7-10(11)5)13(15-12)8(2)3/h8-13,15H,6-7H2,1-5H3. The van der Waals surface area contributed by atoms with Gasteiger partial charge in [0.15, 0.2) is 0 Å². The minimum atomic E-state index is 0.0419. The molecule has 5 atom stereocenters. The Bertz CT molecular complexity index is 303. The van der Waals surface area contributed by atoms with Crippen LogP contribution < -0.4 is 5.32 Å². The van der Waals surface area contributed by atoms with Crippen molar-refractivity contribution in [1.29, 1.82) is 0 Å². The molecule has 5 unspecified atom stereocenters. The number of carbonyl (C=O) groups is 1. The van der Waals surface area contributed by atoms with Crippen molar-refractivity contribution in [2.45, 2.75) is 65.7 Å². The summed E-state index contributed by atoms with van der Waals surface area (Å²) in [4.78, 5) is 14.7. The van der Waals surface area contributed by atoms with E-state index in [4.69, 9.17) is 0 Å². The van der Waals surface area contributed by atoms with Crippen LogP contribution in [-0.2, 0) is 4.79 Å². The van der Waals surface area contributed by atoms with Gasteiger partial charge in [0.25, 0.3) is 0 Å². The van der Waals surface area contributed by atoms with Crippen molar-refractivity contribution in [3.63, 3.8) is 0 Å². The second kappa shape index (κ2) is 4.60. The largest absolute Gasteiger partial charge is 0.322 e. The summed E-state index contributed by atoms with van der Waals surface area (Å²) in [5.74, 6) is 1.95. The number of amides is 1. The maximum Gasteiger partial charge on any atom is 0.241 e. The van der Waals surface area contributed by atoms with Crippen LogP contribution in [0.2, 0.25) is 0 Å². The maximum atomic E-state index is 12.5. The Labute approximate surface area is 105 Å². The van der Waals surface area contributed by atoms with Crippen LogP contribution in [0.3, 0.4) is 0 Å². The van der Waals surface area contributed by atoms with Gasteiger partial charge >= 0.3 is 0 Å². The summed E-state index contributed by atoms with van der Waals surface area (Å²) in [6.07, 6.45) is 2.49. The lowest BCUT2D eigenvalue weighted by Crippen LogP contribution is -2.43. The van der Waals surface area contributed by atoms with Crippen LogP contribution in [0, 0.1) is 17.8 Å². The van der Waals surface area contributed by atoms with Crippen molar-refractivity contribution in [1.82, 2.24) is 10.2 Å². The summed E-state index contributed by atoms with van der Waals surface area (Å²) in [6.45, 7) is 11.0. The Morgan fingerprint density at radius 1 is 1.41 bits per heavy atom. The summed E-state index contributed by atoms with van der Waals surface area (Å²) in [5.41, 5.74) is 0. The van der Waals surface area contributed by atoms with Gasteiger partial charge in [0, 0.05) is 6.04 Å². The Kier molecular flexibility index (Phi) is 3.48. The van der Waals surface area contributed by atoms with Gasteiger partial charge in [-0.2, -0.15) is 0 Å². The fourth-order valence-corrected chi connectivity index (χ4v) is 2.85. The van der Waals surface area contributed by atoms with Crippen molar-refractivity contribution in [2.75, 3.05) is 0 Å². The Balaban J connectivity index is 2.14. The van der Waals surface area contributed by atoms with Crippen molar-refractivity contribution in [3.8, 4) is 0 Å². The predicted molar refractivity (Wildman–Crippen MR) is 69.4 cm³/mol. The maximum absolute atomic E-state index is 12.5. The normalized spacial score (nSPS) is 38.9. The highest BCUT2D eigenvalue weighted by atomic mass is 16.2. The van der Waals surface area contributed by atoms with Crippen LogP contribution in [-0.4, -0.2) is 29.1 Å². The van der Waals surface area contributed by atoms with E-state index in [1.165, 1.54) is 6.42 Å². The van der Waals surface area contributed by atoms with Crippen LogP contribution in [0.4, 0.5) is 0 Å². The molecule has 1 aliphatic heterocycles. The number of rotatable bonds is 4. The molecule has 3 nitrogen and oxygen atoms in total. The monoisotopic (exact) mass is 238 g/mol. The van der Waals surface area contributed by atoms with Crippen LogP contribution in [0.25, 0.3) is 0 Å². The Morgan fingerprint density at radius 2 is 2.00 bits per heavy atom. The first-order valence-corrected chi connectivity index (χ1v) is 7.05. The minimum absolute atomic E-state index is 0.0419. The highest BCUT2D eigenvalue weighted by Crippen LogP contribution is 2.40. The van der Waals surface area contributed by atoms with Crippen LogP contribution in [0.5, 0.6) is 0 Å². The third-order valence-electron chi connectivity index (χ3n) is 4.44. The van der Waals surface area contributed by atoms with Crippen molar-refractivity contribution >= 4 is 5.91 Å². The summed E-state index contributed by atoms with van der Waals surface area (Å²) in [5, 5.41) is 3.56. The van der Waals surface area contributed by atoms with Crippen molar-refractivity contribution in [3.05, 3.63) is 0 Å². The van der Waals surface area contributed by atoms with Crippen LogP contribution >= 0.6 is 0 Å². The number of hydrogen-bond acceptors (Lipinski definition) is 2. The molecular weight excluding hydrogens is 212 g/mol.